The summed E-state index contributed by atoms with van der Waals surface area (Å²) < 4.78 is 4.85. The molecule has 2 N–H and O–H groups in total. The Balaban J connectivity index is 1.76. The van der Waals surface area contributed by atoms with Gasteiger partial charge in [0, 0.05) is 18.8 Å². The van der Waals surface area contributed by atoms with E-state index in [-0.39, 0.29) is 5.91 Å². The van der Waals surface area contributed by atoms with E-state index in [1.54, 1.807) is 18.2 Å². The van der Waals surface area contributed by atoms with Gasteiger partial charge in [0.25, 0.3) is 5.91 Å². The first kappa shape index (κ1) is 12.3. The highest BCUT2D eigenvalue weighted by Crippen LogP contribution is 2.26. The predicted octanol–water partition coefficient (Wildman–Crippen LogP) is 2.53. The van der Waals surface area contributed by atoms with Crippen LogP contribution in [0.5, 0.6) is 0 Å². The zero-order valence-corrected chi connectivity index (χ0v) is 10.5. The van der Waals surface area contributed by atoms with Crippen molar-refractivity contribution in [2.24, 2.45) is 0 Å². The van der Waals surface area contributed by atoms with Gasteiger partial charge < -0.3 is 14.8 Å². The van der Waals surface area contributed by atoms with Gasteiger partial charge in [-0.2, -0.15) is 0 Å². The summed E-state index contributed by atoms with van der Waals surface area (Å²) in [6.07, 6.45) is 1.86. The number of anilines is 1. The fourth-order valence-corrected chi connectivity index (χ4v) is 2.20. The van der Waals surface area contributed by atoms with Crippen molar-refractivity contribution in [3.8, 4) is 0 Å². The van der Waals surface area contributed by atoms with Gasteiger partial charge in [-0.05, 0) is 29.3 Å². The normalized spacial score (nSPS) is 13.1. The van der Waals surface area contributed by atoms with E-state index in [0.717, 1.165) is 11.1 Å². The Morgan fingerprint density at radius 2 is 2.00 bits per heavy atom. The van der Waals surface area contributed by atoms with Crippen LogP contribution in [0.3, 0.4) is 0 Å². The van der Waals surface area contributed by atoms with E-state index in [2.05, 4.69) is 5.32 Å². The van der Waals surface area contributed by atoms with Crippen LogP contribution in [0.4, 0.5) is 10.5 Å². The van der Waals surface area contributed by atoms with Gasteiger partial charge in [0.15, 0.2) is 0 Å². The average molecular weight is 272 g/mol. The summed E-state index contributed by atoms with van der Waals surface area (Å²) in [6, 6.07) is 6.98. The Hall–Kier alpha value is -2.76. The summed E-state index contributed by atoms with van der Waals surface area (Å²) in [5, 5.41) is 11.7. The number of fused-ring (bicyclic) bond motifs is 1. The van der Waals surface area contributed by atoms with E-state index in [1.165, 1.54) is 17.4 Å². The number of carbonyl (C=O) groups is 2. The quantitative estimate of drug-likeness (QED) is 0.880. The predicted molar refractivity (Wildman–Crippen MR) is 70.4 cm³/mol. The second-order valence-corrected chi connectivity index (χ2v) is 4.59. The summed E-state index contributed by atoms with van der Waals surface area (Å²) in [6.45, 7) is 0.737. The van der Waals surface area contributed by atoms with Gasteiger partial charge in [-0.25, -0.2) is 4.79 Å². The maximum atomic E-state index is 11.9. The monoisotopic (exact) mass is 272 g/mol. The van der Waals surface area contributed by atoms with Crippen molar-refractivity contribution in [3.05, 3.63) is 53.5 Å². The third-order valence-electron chi connectivity index (χ3n) is 3.24. The molecule has 1 aliphatic heterocycles. The SMILES string of the molecule is O=C(Nc1ccc2c(c1)CN(C(=O)O)C2)c1ccoc1. The number of benzene rings is 1. The molecule has 0 saturated heterocycles. The van der Waals surface area contributed by atoms with E-state index in [9.17, 15) is 9.59 Å². The van der Waals surface area contributed by atoms with Crippen LogP contribution in [0.2, 0.25) is 0 Å². The first-order chi connectivity index (χ1) is 9.63. The van der Waals surface area contributed by atoms with E-state index in [1.807, 2.05) is 6.07 Å². The van der Waals surface area contributed by atoms with Gasteiger partial charge in [0.2, 0.25) is 0 Å². The minimum absolute atomic E-state index is 0.258. The Morgan fingerprint density at radius 1 is 1.20 bits per heavy atom. The van der Waals surface area contributed by atoms with Crippen molar-refractivity contribution in [2.75, 3.05) is 5.32 Å². The lowest BCUT2D eigenvalue weighted by atomic mass is 10.1. The molecule has 6 nitrogen and oxygen atoms in total. The molecule has 0 fully saturated rings. The highest BCUT2D eigenvalue weighted by atomic mass is 16.4. The fraction of sp³-hybridized carbons (Fsp3) is 0.143. The molecule has 0 atom stereocenters. The number of carbonyl (C=O) groups excluding carboxylic acids is 1. The first-order valence-electron chi connectivity index (χ1n) is 6.07. The largest absolute Gasteiger partial charge is 0.472 e. The molecule has 3 rings (SSSR count). The van der Waals surface area contributed by atoms with Crippen molar-refractivity contribution in [2.45, 2.75) is 13.1 Å². The lowest BCUT2D eigenvalue weighted by Crippen LogP contribution is -2.22. The van der Waals surface area contributed by atoms with Crippen LogP contribution in [0.25, 0.3) is 0 Å². The molecular weight excluding hydrogens is 260 g/mol. The van der Waals surface area contributed by atoms with Gasteiger partial charge >= 0.3 is 6.09 Å². The van der Waals surface area contributed by atoms with Crippen LogP contribution in [0, 0.1) is 0 Å². The zero-order valence-electron chi connectivity index (χ0n) is 10.5. The van der Waals surface area contributed by atoms with Crippen molar-refractivity contribution in [1.82, 2.24) is 4.90 Å². The number of furan rings is 1. The van der Waals surface area contributed by atoms with E-state index in [0.29, 0.717) is 24.3 Å². The molecular formula is C14H12N2O4. The molecule has 2 aromatic rings. The smallest absolute Gasteiger partial charge is 0.407 e. The first-order valence-corrected chi connectivity index (χ1v) is 6.07. The molecule has 1 aliphatic rings. The van der Waals surface area contributed by atoms with Gasteiger partial charge in [0.05, 0.1) is 11.8 Å². The van der Waals surface area contributed by atoms with Gasteiger partial charge in [-0.3, -0.25) is 9.69 Å². The van der Waals surface area contributed by atoms with Gasteiger partial charge in [-0.15, -0.1) is 0 Å². The lowest BCUT2D eigenvalue weighted by molar-refractivity contribution is 0.102. The van der Waals surface area contributed by atoms with Crippen LogP contribution < -0.4 is 5.32 Å². The molecule has 102 valence electrons. The second-order valence-electron chi connectivity index (χ2n) is 4.59. The number of hydrogen-bond acceptors (Lipinski definition) is 3. The Labute approximate surface area is 114 Å². The fourth-order valence-electron chi connectivity index (χ4n) is 2.20. The molecule has 0 spiro atoms. The summed E-state index contributed by atoms with van der Waals surface area (Å²) >= 11 is 0. The highest BCUT2D eigenvalue weighted by Gasteiger charge is 2.23. The maximum Gasteiger partial charge on any atom is 0.407 e. The van der Waals surface area contributed by atoms with Gasteiger partial charge in [-0.1, -0.05) is 6.07 Å². The molecule has 0 saturated carbocycles. The summed E-state index contributed by atoms with van der Waals surface area (Å²) in [4.78, 5) is 24.1. The topological polar surface area (TPSA) is 82.8 Å². The number of nitrogens with one attached hydrogen (secondary N) is 1. The summed E-state index contributed by atoms with van der Waals surface area (Å²) in [5.41, 5.74) is 2.96. The number of rotatable bonds is 2. The molecule has 20 heavy (non-hydrogen) atoms. The maximum absolute atomic E-state index is 11.9. The van der Waals surface area contributed by atoms with Crippen LogP contribution in [0.1, 0.15) is 21.5 Å². The molecule has 0 aliphatic carbocycles. The number of hydrogen-bond donors (Lipinski definition) is 2. The van der Waals surface area contributed by atoms with Crippen LogP contribution in [-0.2, 0) is 13.1 Å². The van der Waals surface area contributed by atoms with E-state index >= 15 is 0 Å². The van der Waals surface area contributed by atoms with Crippen LogP contribution in [0.15, 0.2) is 41.2 Å². The second kappa shape index (κ2) is 4.73. The number of carboxylic acid groups (broad SMARTS) is 1. The van der Waals surface area contributed by atoms with Crippen molar-refractivity contribution >= 4 is 17.7 Å². The van der Waals surface area contributed by atoms with Crippen molar-refractivity contribution in [3.63, 3.8) is 0 Å². The molecule has 0 radical (unpaired) electrons. The average Bonchev–Trinajstić information content (AvgIpc) is 3.07. The third kappa shape index (κ3) is 2.23. The Kier molecular flexibility index (Phi) is 2.90. The summed E-state index contributed by atoms with van der Waals surface area (Å²) in [5.74, 6) is -0.258. The van der Waals surface area contributed by atoms with Gasteiger partial charge in [0.1, 0.15) is 6.26 Å². The molecule has 1 aromatic heterocycles. The van der Waals surface area contributed by atoms with Crippen LogP contribution in [-0.4, -0.2) is 22.0 Å². The van der Waals surface area contributed by atoms with Crippen molar-refractivity contribution in [1.29, 1.82) is 0 Å². The molecule has 6 heteroatoms. The summed E-state index contributed by atoms with van der Waals surface area (Å²) in [7, 11) is 0. The molecule has 0 unspecified atom stereocenters. The minimum Gasteiger partial charge on any atom is -0.472 e. The number of nitrogens with zero attached hydrogens (tertiary/aromatic N) is 1. The number of amides is 2. The van der Waals surface area contributed by atoms with E-state index < -0.39 is 6.09 Å². The zero-order chi connectivity index (χ0) is 14.1. The molecule has 2 heterocycles. The standard InChI is InChI=1S/C14H12N2O4/c17-13(10-3-4-20-8-10)15-12-2-1-9-6-16(14(18)19)7-11(9)5-12/h1-5,8H,6-7H2,(H,15,17)(H,18,19). The molecule has 1 aromatic carbocycles. The Morgan fingerprint density at radius 3 is 2.70 bits per heavy atom. The van der Waals surface area contributed by atoms with Crippen LogP contribution >= 0.6 is 0 Å². The highest BCUT2D eigenvalue weighted by molar-refractivity contribution is 6.04. The van der Waals surface area contributed by atoms with E-state index in [4.69, 9.17) is 9.52 Å². The van der Waals surface area contributed by atoms with Crippen molar-refractivity contribution < 1.29 is 19.1 Å². The molecule has 2 amide bonds. The third-order valence-corrected chi connectivity index (χ3v) is 3.24. The minimum atomic E-state index is -0.940. The Bertz CT molecular complexity index is 664. The molecule has 0 bridgehead atoms. The lowest BCUT2D eigenvalue weighted by Gasteiger charge is -2.08.